The van der Waals surface area contributed by atoms with Gasteiger partial charge < -0.3 is 29.7 Å². The van der Waals surface area contributed by atoms with Crippen LogP contribution < -0.4 is 14.8 Å². The number of nitro groups is 1. The van der Waals surface area contributed by atoms with Crippen LogP contribution in [0.25, 0.3) is 0 Å². The molecule has 0 radical (unpaired) electrons. The van der Waals surface area contributed by atoms with Gasteiger partial charge in [-0.3, -0.25) is 19.9 Å². The zero-order chi connectivity index (χ0) is 46.7. The number of carboxylic acids is 1. The number of non-ortho nitro benzene ring substituents is 1. The first-order chi connectivity index (χ1) is 31.3. The van der Waals surface area contributed by atoms with E-state index >= 15 is 0 Å². The number of rotatable bonds is 21. The highest BCUT2D eigenvalue weighted by Gasteiger charge is 2.49. The number of carbonyl (C=O) groups excluding carboxylic acids is 1. The van der Waals surface area contributed by atoms with Crippen molar-refractivity contribution in [1.82, 2.24) is 15.1 Å². The highest BCUT2D eigenvalue weighted by molar-refractivity contribution is 5.99. The number of aliphatic hydroxyl groups excluding tert-OH is 1. The van der Waals surface area contributed by atoms with Crippen LogP contribution in [-0.4, -0.2) is 95.0 Å². The molecule has 2 unspecified atom stereocenters. The first kappa shape index (κ1) is 47.7. The lowest BCUT2D eigenvalue weighted by Gasteiger charge is -2.54. The van der Waals surface area contributed by atoms with Gasteiger partial charge in [0, 0.05) is 48.7 Å². The lowest BCUT2D eigenvalue weighted by atomic mass is 9.73. The van der Waals surface area contributed by atoms with E-state index < -0.39 is 40.0 Å². The number of methoxy groups -OCH3 is 1. The van der Waals surface area contributed by atoms with Crippen molar-refractivity contribution in [3.63, 3.8) is 0 Å². The fourth-order valence-electron chi connectivity index (χ4n) is 9.07. The number of nitrogens with zero attached hydrogens (tertiary/aromatic N) is 3. The summed E-state index contributed by atoms with van der Waals surface area (Å²) >= 11 is 0. The molecule has 5 aromatic rings. The maximum Gasteiger partial charge on any atom is 0.336 e. The van der Waals surface area contributed by atoms with E-state index in [4.69, 9.17) is 14.2 Å². The molecule has 65 heavy (non-hydrogen) atoms. The minimum Gasteiger partial charge on any atom is -0.493 e. The van der Waals surface area contributed by atoms with Crippen molar-refractivity contribution in [1.29, 1.82) is 0 Å². The Hall–Kier alpha value is -6.80. The summed E-state index contributed by atoms with van der Waals surface area (Å²) in [6, 6.07) is 43.6. The molecular weight excluding hydrogens is 825 g/mol. The van der Waals surface area contributed by atoms with E-state index in [1.807, 2.05) is 73.7 Å². The number of hydrogen-bond acceptors (Lipinski definition) is 11. The number of allylic oxidation sites excluding steroid dienone is 1. The first-order valence-electron chi connectivity index (χ1n) is 21.7. The smallest absolute Gasteiger partial charge is 0.336 e. The molecule has 6 rings (SSSR count). The Bertz CT molecular complexity index is 2400. The molecule has 0 aliphatic carbocycles. The molecule has 1 aliphatic heterocycles. The number of aliphatic hydroxyl groups is 1. The maximum absolute atomic E-state index is 14.1. The minimum atomic E-state index is -1.27. The molecule has 0 spiro atoms. The number of likely N-dealkylation sites (N-methyl/N-ethyl adjacent to an activating group) is 1. The number of benzene rings is 5. The number of nitrogens with one attached hydrogen (secondary N) is 1. The fourth-order valence-corrected chi connectivity index (χ4v) is 9.07. The van der Waals surface area contributed by atoms with Gasteiger partial charge in [-0.15, -0.1) is 0 Å². The van der Waals surface area contributed by atoms with Gasteiger partial charge in [0.2, 0.25) is 0 Å². The minimum absolute atomic E-state index is 0.0193. The molecule has 0 aromatic heterocycles. The molecule has 0 bridgehead atoms. The number of carboxylic acid groups (broad SMARTS) is 1. The molecule has 13 heteroatoms. The normalized spacial score (nSPS) is 14.8. The van der Waals surface area contributed by atoms with Crippen molar-refractivity contribution in [2.45, 2.75) is 57.7 Å². The molecule has 0 amide bonds. The van der Waals surface area contributed by atoms with Crippen molar-refractivity contribution in [3.05, 3.63) is 194 Å². The third-order valence-corrected chi connectivity index (χ3v) is 11.8. The van der Waals surface area contributed by atoms with Crippen LogP contribution in [0.1, 0.15) is 62.8 Å². The first-order valence-corrected chi connectivity index (χ1v) is 21.7. The molecule has 2 atom stereocenters. The summed E-state index contributed by atoms with van der Waals surface area (Å²) in [5.41, 5.74) is 1.79. The maximum atomic E-state index is 14.1. The van der Waals surface area contributed by atoms with Gasteiger partial charge in [0.15, 0.2) is 11.5 Å². The molecule has 1 heterocycles. The van der Waals surface area contributed by atoms with Crippen molar-refractivity contribution in [2.75, 3.05) is 46.5 Å². The van der Waals surface area contributed by atoms with Crippen molar-refractivity contribution >= 4 is 17.6 Å². The molecule has 0 saturated carbocycles. The molecule has 5 aromatic carbocycles. The highest BCUT2D eigenvalue weighted by Crippen LogP contribution is 2.47. The van der Waals surface area contributed by atoms with Gasteiger partial charge in [0.05, 0.1) is 41.2 Å². The Labute approximate surface area is 380 Å². The van der Waals surface area contributed by atoms with Crippen molar-refractivity contribution in [2.24, 2.45) is 0 Å². The number of hydrogen-bond donors (Lipinski definition) is 3. The molecule has 13 nitrogen and oxygen atoms in total. The van der Waals surface area contributed by atoms with Crippen LogP contribution >= 0.6 is 0 Å². The van der Waals surface area contributed by atoms with Gasteiger partial charge in [0.25, 0.3) is 5.69 Å². The number of carbonyl (C=O) groups is 2. The van der Waals surface area contributed by atoms with Crippen LogP contribution in [0, 0.1) is 10.1 Å². The van der Waals surface area contributed by atoms with Crippen LogP contribution in [0.3, 0.4) is 0 Å². The Kier molecular flexibility index (Phi) is 15.6. The largest absolute Gasteiger partial charge is 0.493 e. The third-order valence-electron chi connectivity index (χ3n) is 11.8. The zero-order valence-corrected chi connectivity index (χ0v) is 37.8. The Morgan fingerprint density at radius 2 is 1.37 bits per heavy atom. The number of esters is 1. The standard InChI is InChI=1S/C52H58N4O9/c1-7-54(33-43-48(50(60)64-8-2)47(46(49(58)59)36(3)53-43)37-21-20-28-41(31-37)56(61)62)35-51(4,5)55(32-42(57)34-65-45-30-19-18-29-44(45)63-6)52(38-22-12-9-13-23-38,39-24-14-10-15-25-39)40-26-16-11-17-27-40/h9-31,42,47,53,57H,7-8,32-35H2,1-6H3,(H,58,59). The third kappa shape index (κ3) is 10.4. The van der Waals surface area contributed by atoms with Gasteiger partial charge in [0.1, 0.15) is 12.7 Å². The van der Waals surface area contributed by atoms with E-state index in [0.717, 1.165) is 16.7 Å². The topological polar surface area (TPSA) is 164 Å². The molecule has 1 aliphatic rings. The van der Waals surface area contributed by atoms with E-state index in [2.05, 4.69) is 65.4 Å². The quantitative estimate of drug-likeness (QED) is 0.0280. The van der Waals surface area contributed by atoms with E-state index in [1.165, 1.54) is 18.2 Å². The van der Waals surface area contributed by atoms with Gasteiger partial charge >= 0.3 is 11.9 Å². The van der Waals surface area contributed by atoms with E-state index in [1.54, 1.807) is 39.2 Å². The summed E-state index contributed by atoms with van der Waals surface area (Å²) in [6.07, 6.45) is -1.01. The predicted octanol–water partition coefficient (Wildman–Crippen LogP) is 8.30. The molecule has 340 valence electrons. The summed E-state index contributed by atoms with van der Waals surface area (Å²) in [5, 5.41) is 38.0. The van der Waals surface area contributed by atoms with Gasteiger partial charge in [-0.1, -0.05) is 122 Å². The zero-order valence-electron chi connectivity index (χ0n) is 37.8. The summed E-state index contributed by atoms with van der Waals surface area (Å²) < 4.78 is 17.4. The van der Waals surface area contributed by atoms with Gasteiger partial charge in [-0.05, 0) is 68.6 Å². The summed E-state index contributed by atoms with van der Waals surface area (Å²) in [6.45, 7) is 10.7. The number of ether oxygens (including phenoxy) is 3. The Morgan fingerprint density at radius 1 is 0.815 bits per heavy atom. The fraction of sp³-hybridized carbons (Fsp3) is 0.308. The molecule has 0 fully saturated rings. The molecular formula is C52H58N4O9. The summed E-state index contributed by atoms with van der Waals surface area (Å²) in [4.78, 5) is 43.0. The SMILES string of the molecule is CCOC(=O)C1=C(CN(CC)CC(C)(C)N(CC(O)COc2ccccc2OC)C(c2ccccc2)(c2ccccc2)c2ccccc2)NC(C)=C(C(=O)O)C1c1cccc([N+](=O)[O-])c1. The average Bonchev–Trinajstić information content (AvgIpc) is 3.31. The van der Waals surface area contributed by atoms with Gasteiger partial charge in [-0.25, -0.2) is 9.59 Å². The van der Waals surface area contributed by atoms with E-state index in [9.17, 15) is 29.9 Å². The number of nitro benzene ring substituents is 1. The molecule has 0 saturated heterocycles. The van der Waals surface area contributed by atoms with Crippen molar-refractivity contribution < 1.29 is 38.9 Å². The monoisotopic (exact) mass is 882 g/mol. The Morgan fingerprint density at radius 3 is 1.88 bits per heavy atom. The second-order valence-electron chi connectivity index (χ2n) is 16.5. The lowest BCUT2D eigenvalue weighted by molar-refractivity contribution is -0.384. The van der Waals surface area contributed by atoms with E-state index in [-0.39, 0.29) is 48.7 Å². The van der Waals surface area contributed by atoms with Crippen LogP contribution in [0.15, 0.2) is 162 Å². The number of aliphatic carboxylic acids is 1. The number of para-hydroxylation sites is 2. The summed E-state index contributed by atoms with van der Waals surface area (Å²) in [5.74, 6) is -2.13. The van der Waals surface area contributed by atoms with Crippen LogP contribution in [0.2, 0.25) is 0 Å². The summed E-state index contributed by atoms with van der Waals surface area (Å²) in [7, 11) is 1.57. The van der Waals surface area contributed by atoms with Crippen LogP contribution in [0.4, 0.5) is 5.69 Å². The predicted molar refractivity (Wildman–Crippen MR) is 250 cm³/mol. The second-order valence-corrected chi connectivity index (χ2v) is 16.5. The molecule has 3 N–H and O–H groups in total. The van der Waals surface area contributed by atoms with Gasteiger partial charge in [-0.2, -0.15) is 0 Å². The van der Waals surface area contributed by atoms with Crippen molar-refractivity contribution in [3.8, 4) is 11.5 Å². The number of dihydropyridines is 1. The van der Waals surface area contributed by atoms with E-state index in [0.29, 0.717) is 36.0 Å². The second kappa shape index (κ2) is 21.3. The Balaban J connectivity index is 1.50. The average molecular weight is 883 g/mol. The number of β-amino-alcohol motifs (C(OH)–C–C–N with tert-alkyl or cyclic N) is 1. The highest BCUT2D eigenvalue weighted by atomic mass is 16.6. The van der Waals surface area contributed by atoms with Crippen LogP contribution in [-0.2, 0) is 19.9 Å². The lowest BCUT2D eigenvalue weighted by Crippen LogP contribution is -2.63. The van der Waals surface area contributed by atoms with Crippen LogP contribution in [0.5, 0.6) is 11.5 Å².